The molecular formula is C14H12N2OS. The number of aryl methyl sites for hydroxylation is 1. The summed E-state index contributed by atoms with van der Waals surface area (Å²) in [4.78, 5) is 11.8. The maximum absolute atomic E-state index is 11.8. The van der Waals surface area contributed by atoms with E-state index in [2.05, 4.69) is 11.4 Å². The fraction of sp³-hybridized carbons (Fsp3) is 0.143. The largest absolute Gasteiger partial charge is 0.325 e. The lowest BCUT2D eigenvalue weighted by Crippen LogP contribution is -2.15. The number of nitriles is 1. The van der Waals surface area contributed by atoms with Crippen LogP contribution in [0.3, 0.4) is 0 Å². The van der Waals surface area contributed by atoms with E-state index in [1.165, 1.54) is 0 Å². The Morgan fingerprint density at radius 1 is 1.44 bits per heavy atom. The minimum absolute atomic E-state index is 0.101. The summed E-state index contributed by atoms with van der Waals surface area (Å²) in [5.74, 6) is -0.101. The zero-order valence-corrected chi connectivity index (χ0v) is 10.8. The third kappa shape index (κ3) is 2.76. The quantitative estimate of drug-likeness (QED) is 0.917. The van der Waals surface area contributed by atoms with Crippen LogP contribution < -0.4 is 5.32 Å². The van der Waals surface area contributed by atoms with Crippen LogP contribution in [0.2, 0.25) is 0 Å². The van der Waals surface area contributed by atoms with Gasteiger partial charge in [-0.25, -0.2) is 0 Å². The number of carbonyl (C=O) groups excluding carboxylic acids is 1. The highest BCUT2D eigenvalue weighted by Gasteiger charge is 2.09. The molecule has 0 spiro atoms. The molecule has 0 atom stereocenters. The van der Waals surface area contributed by atoms with Gasteiger partial charge in [-0.1, -0.05) is 12.1 Å². The normalized spacial score (nSPS) is 9.78. The van der Waals surface area contributed by atoms with E-state index in [-0.39, 0.29) is 5.91 Å². The molecular weight excluding hydrogens is 244 g/mol. The van der Waals surface area contributed by atoms with E-state index in [9.17, 15) is 4.79 Å². The van der Waals surface area contributed by atoms with Crippen LogP contribution in [-0.4, -0.2) is 5.91 Å². The molecule has 0 bridgehead atoms. The summed E-state index contributed by atoms with van der Waals surface area (Å²) in [6.45, 7) is 1.85. The number of nitrogens with one attached hydrogen (secondary N) is 1. The second-order valence-corrected chi connectivity index (χ2v) is 4.75. The van der Waals surface area contributed by atoms with Gasteiger partial charge in [0.1, 0.15) is 6.07 Å². The molecule has 0 aliphatic heterocycles. The number of amides is 1. The molecule has 3 nitrogen and oxygen atoms in total. The Balaban J connectivity index is 2.13. The number of anilines is 1. The first-order valence-corrected chi connectivity index (χ1v) is 6.45. The Labute approximate surface area is 110 Å². The molecule has 1 heterocycles. The fourth-order valence-electron chi connectivity index (χ4n) is 1.69. The molecule has 0 unspecified atom stereocenters. The van der Waals surface area contributed by atoms with E-state index in [1.807, 2.05) is 35.9 Å². The standard InChI is InChI=1S/C14H12N2OS/c1-10-3-2-4-13(12(10)8-15)16-14(17)7-11-5-6-18-9-11/h2-6,9H,7H2,1H3,(H,16,17). The van der Waals surface area contributed by atoms with Crippen molar-refractivity contribution in [2.24, 2.45) is 0 Å². The average Bonchev–Trinajstić information content (AvgIpc) is 2.82. The molecule has 1 aromatic carbocycles. The fourth-order valence-corrected chi connectivity index (χ4v) is 2.36. The van der Waals surface area contributed by atoms with E-state index < -0.39 is 0 Å². The van der Waals surface area contributed by atoms with Crippen LogP contribution in [0, 0.1) is 18.3 Å². The zero-order chi connectivity index (χ0) is 13.0. The van der Waals surface area contributed by atoms with E-state index in [1.54, 1.807) is 17.4 Å². The molecule has 1 N–H and O–H groups in total. The number of benzene rings is 1. The minimum Gasteiger partial charge on any atom is -0.325 e. The van der Waals surface area contributed by atoms with E-state index in [0.717, 1.165) is 11.1 Å². The SMILES string of the molecule is Cc1cccc(NC(=O)Cc2ccsc2)c1C#N. The Morgan fingerprint density at radius 3 is 2.94 bits per heavy atom. The molecule has 0 aliphatic rings. The van der Waals surface area contributed by atoms with Gasteiger partial charge in [-0.3, -0.25) is 4.79 Å². The van der Waals surface area contributed by atoms with E-state index >= 15 is 0 Å². The lowest BCUT2D eigenvalue weighted by molar-refractivity contribution is -0.115. The van der Waals surface area contributed by atoms with Gasteiger partial charge in [0.15, 0.2) is 0 Å². The van der Waals surface area contributed by atoms with Gasteiger partial charge in [-0.2, -0.15) is 16.6 Å². The molecule has 2 rings (SSSR count). The van der Waals surface area contributed by atoms with Crippen molar-refractivity contribution in [1.29, 1.82) is 5.26 Å². The van der Waals surface area contributed by atoms with Crippen molar-refractivity contribution in [1.82, 2.24) is 0 Å². The molecule has 18 heavy (non-hydrogen) atoms. The van der Waals surface area contributed by atoms with Crippen LogP contribution in [0.1, 0.15) is 16.7 Å². The van der Waals surface area contributed by atoms with Gasteiger partial charge < -0.3 is 5.32 Å². The van der Waals surface area contributed by atoms with Crippen molar-refractivity contribution >= 4 is 22.9 Å². The number of hydrogen-bond donors (Lipinski definition) is 1. The van der Waals surface area contributed by atoms with Gasteiger partial charge in [-0.05, 0) is 40.9 Å². The van der Waals surface area contributed by atoms with Crippen molar-refractivity contribution in [3.8, 4) is 6.07 Å². The summed E-state index contributed by atoms with van der Waals surface area (Å²) >= 11 is 1.57. The smallest absolute Gasteiger partial charge is 0.228 e. The van der Waals surface area contributed by atoms with Crippen LogP contribution in [0.25, 0.3) is 0 Å². The van der Waals surface area contributed by atoms with Gasteiger partial charge in [0.25, 0.3) is 0 Å². The first-order chi connectivity index (χ1) is 8.70. The predicted molar refractivity (Wildman–Crippen MR) is 72.5 cm³/mol. The highest BCUT2D eigenvalue weighted by molar-refractivity contribution is 7.08. The Hall–Kier alpha value is -2.12. The van der Waals surface area contributed by atoms with Crippen molar-refractivity contribution < 1.29 is 4.79 Å². The van der Waals surface area contributed by atoms with Crippen molar-refractivity contribution in [2.45, 2.75) is 13.3 Å². The monoisotopic (exact) mass is 256 g/mol. The summed E-state index contributed by atoms with van der Waals surface area (Å²) in [6.07, 6.45) is 0.336. The van der Waals surface area contributed by atoms with E-state index in [4.69, 9.17) is 5.26 Å². The molecule has 0 aliphatic carbocycles. The molecule has 90 valence electrons. The summed E-state index contributed by atoms with van der Waals surface area (Å²) in [5.41, 5.74) is 2.96. The van der Waals surface area contributed by atoms with Crippen molar-refractivity contribution in [3.63, 3.8) is 0 Å². The maximum atomic E-state index is 11.8. The molecule has 1 amide bonds. The lowest BCUT2D eigenvalue weighted by atomic mass is 10.1. The number of hydrogen-bond acceptors (Lipinski definition) is 3. The van der Waals surface area contributed by atoms with Gasteiger partial charge in [0.05, 0.1) is 17.7 Å². The maximum Gasteiger partial charge on any atom is 0.228 e. The van der Waals surface area contributed by atoms with Crippen LogP contribution in [0.15, 0.2) is 35.0 Å². The summed E-state index contributed by atoms with van der Waals surface area (Å²) in [6, 6.07) is 9.47. The third-order valence-electron chi connectivity index (χ3n) is 2.60. The predicted octanol–water partition coefficient (Wildman–Crippen LogP) is 3.11. The number of rotatable bonds is 3. The first-order valence-electron chi connectivity index (χ1n) is 5.51. The molecule has 2 aromatic rings. The average molecular weight is 256 g/mol. The van der Waals surface area contributed by atoms with Gasteiger partial charge >= 0.3 is 0 Å². The van der Waals surface area contributed by atoms with Crippen molar-refractivity contribution in [2.75, 3.05) is 5.32 Å². The third-order valence-corrected chi connectivity index (χ3v) is 3.34. The topological polar surface area (TPSA) is 52.9 Å². The van der Waals surface area contributed by atoms with Gasteiger partial charge in [0.2, 0.25) is 5.91 Å². The van der Waals surface area contributed by atoms with Crippen molar-refractivity contribution in [3.05, 3.63) is 51.7 Å². The Morgan fingerprint density at radius 2 is 2.28 bits per heavy atom. The van der Waals surface area contributed by atoms with Crippen LogP contribution in [-0.2, 0) is 11.2 Å². The minimum atomic E-state index is -0.101. The summed E-state index contributed by atoms with van der Waals surface area (Å²) < 4.78 is 0. The molecule has 0 radical (unpaired) electrons. The second kappa shape index (κ2) is 5.48. The molecule has 0 saturated carbocycles. The summed E-state index contributed by atoms with van der Waals surface area (Å²) in [7, 11) is 0. The number of thiophene rings is 1. The highest BCUT2D eigenvalue weighted by atomic mass is 32.1. The summed E-state index contributed by atoms with van der Waals surface area (Å²) in [5, 5.41) is 15.7. The lowest BCUT2D eigenvalue weighted by Gasteiger charge is -2.08. The molecule has 1 aromatic heterocycles. The van der Waals surface area contributed by atoms with E-state index in [0.29, 0.717) is 17.7 Å². The van der Waals surface area contributed by atoms with Crippen LogP contribution in [0.5, 0.6) is 0 Å². The number of nitrogens with zero attached hydrogens (tertiary/aromatic N) is 1. The zero-order valence-electron chi connectivity index (χ0n) is 9.93. The molecule has 0 saturated heterocycles. The highest BCUT2D eigenvalue weighted by Crippen LogP contribution is 2.18. The Kier molecular flexibility index (Phi) is 3.75. The second-order valence-electron chi connectivity index (χ2n) is 3.97. The Bertz CT molecular complexity index is 597. The molecule has 0 fully saturated rings. The van der Waals surface area contributed by atoms with Gasteiger partial charge in [0, 0.05) is 0 Å². The van der Waals surface area contributed by atoms with Crippen LogP contribution in [0.4, 0.5) is 5.69 Å². The first kappa shape index (κ1) is 12.3. The van der Waals surface area contributed by atoms with Crippen LogP contribution >= 0.6 is 11.3 Å². The number of carbonyl (C=O) groups is 1. The molecule has 4 heteroatoms. The van der Waals surface area contributed by atoms with Gasteiger partial charge in [-0.15, -0.1) is 0 Å².